The van der Waals surface area contributed by atoms with Crippen molar-refractivity contribution < 1.29 is 29.6 Å². The molecule has 1 amide bonds. The Morgan fingerprint density at radius 2 is 2.00 bits per heavy atom. The van der Waals surface area contributed by atoms with Gasteiger partial charge in [-0.25, -0.2) is 4.98 Å². The quantitative estimate of drug-likeness (QED) is 0.140. The molecule has 1 saturated heterocycles. The summed E-state index contributed by atoms with van der Waals surface area (Å²) in [4.78, 5) is 17.2. The molecule has 0 unspecified atom stereocenters. The molecule has 1 fully saturated rings. The van der Waals surface area contributed by atoms with Crippen molar-refractivity contribution in [2.24, 2.45) is 5.73 Å². The smallest absolute Gasteiger partial charge is 0.237 e. The molecule has 5 rings (SSSR count). The lowest BCUT2D eigenvalue weighted by molar-refractivity contribution is -0.123. The maximum absolute atomic E-state index is 11.4. The molecule has 214 valence electrons. The van der Waals surface area contributed by atoms with Gasteiger partial charge in [0.05, 0.1) is 36.3 Å². The lowest BCUT2D eigenvalue weighted by Gasteiger charge is -2.22. The summed E-state index contributed by atoms with van der Waals surface area (Å²) in [7, 11) is 0. The molecule has 0 aliphatic carbocycles. The summed E-state index contributed by atoms with van der Waals surface area (Å²) in [5.41, 5.74) is 6.09. The third-order valence-corrected chi connectivity index (χ3v) is 8.20. The second kappa shape index (κ2) is 11.7. The molecule has 1 aliphatic heterocycles. The van der Waals surface area contributed by atoms with E-state index in [-0.39, 0.29) is 0 Å². The number of anilines is 1. The second-order valence-electron chi connectivity index (χ2n) is 10.4. The topological polar surface area (TPSA) is 164 Å². The number of aromatic nitrogens is 2. The number of thiophene rings is 1. The van der Waals surface area contributed by atoms with Gasteiger partial charge < -0.3 is 41.2 Å². The van der Waals surface area contributed by atoms with Crippen LogP contribution < -0.4 is 21.1 Å². The first kappa shape index (κ1) is 28.3. The van der Waals surface area contributed by atoms with Crippen LogP contribution in [0.15, 0.2) is 48.5 Å². The zero-order valence-electron chi connectivity index (χ0n) is 22.4. The maximum Gasteiger partial charge on any atom is 0.237 e. The number of imidazole rings is 1. The zero-order chi connectivity index (χ0) is 28.4. The molecule has 1 aliphatic rings. The molecule has 11 nitrogen and oxygen atoms in total. The van der Waals surface area contributed by atoms with Crippen molar-refractivity contribution in [1.82, 2.24) is 14.9 Å². The summed E-state index contributed by atoms with van der Waals surface area (Å²) in [5, 5.41) is 38.1. The van der Waals surface area contributed by atoms with Crippen LogP contribution in [0, 0.1) is 0 Å². The van der Waals surface area contributed by atoms with Crippen LogP contribution in [0.4, 0.5) is 5.95 Å². The molecule has 4 aromatic rings. The van der Waals surface area contributed by atoms with E-state index in [1.54, 1.807) is 29.8 Å². The summed E-state index contributed by atoms with van der Waals surface area (Å²) in [5.74, 6) is 0.873. The number of hydrogen-bond acceptors (Lipinski definition) is 10. The largest absolute Gasteiger partial charge is 0.493 e. The molecule has 0 bridgehead atoms. The van der Waals surface area contributed by atoms with E-state index < -0.39 is 42.6 Å². The molecule has 4 atom stereocenters. The van der Waals surface area contributed by atoms with Gasteiger partial charge in [0.1, 0.15) is 24.1 Å². The van der Waals surface area contributed by atoms with Crippen LogP contribution in [0.1, 0.15) is 31.4 Å². The molecule has 3 heterocycles. The van der Waals surface area contributed by atoms with Gasteiger partial charge in [0.15, 0.2) is 6.23 Å². The monoisotopic (exact) mass is 569 g/mol. The van der Waals surface area contributed by atoms with Gasteiger partial charge in [0, 0.05) is 9.58 Å². The number of rotatable bonds is 12. The Hall–Kier alpha value is -3.26. The van der Waals surface area contributed by atoms with E-state index in [2.05, 4.69) is 16.7 Å². The molecular formula is C28H35N5O6S. The number of nitrogens with two attached hydrogens (primary N) is 1. The normalized spacial score (nSPS) is 21.3. The number of para-hydroxylation sites is 2. The number of aliphatic hydroxyl groups excluding tert-OH is 3. The van der Waals surface area contributed by atoms with Crippen molar-refractivity contribution in [2.75, 3.05) is 25.1 Å². The van der Waals surface area contributed by atoms with E-state index >= 15 is 0 Å². The number of carbonyl (C=O) groups excluding carboxylic acids is 1. The summed E-state index contributed by atoms with van der Waals surface area (Å²) >= 11 is 1.63. The van der Waals surface area contributed by atoms with Crippen LogP contribution in [-0.2, 0) is 16.1 Å². The molecule has 12 heteroatoms. The molecule has 40 heavy (non-hydrogen) atoms. The van der Waals surface area contributed by atoms with Crippen LogP contribution in [0.3, 0.4) is 0 Å². The zero-order valence-corrected chi connectivity index (χ0v) is 23.2. The third-order valence-electron chi connectivity index (χ3n) is 7.10. The molecule has 0 radical (unpaired) electrons. The maximum atomic E-state index is 11.4. The molecule has 2 aromatic heterocycles. The first-order valence-corrected chi connectivity index (χ1v) is 14.0. The molecule has 7 N–H and O–H groups in total. The van der Waals surface area contributed by atoms with Crippen molar-refractivity contribution in [1.29, 1.82) is 0 Å². The third kappa shape index (κ3) is 5.78. The number of benzene rings is 2. The van der Waals surface area contributed by atoms with Crippen molar-refractivity contribution in [3.63, 3.8) is 0 Å². The van der Waals surface area contributed by atoms with Gasteiger partial charge in [0.25, 0.3) is 0 Å². The Morgan fingerprint density at radius 1 is 1.20 bits per heavy atom. The Bertz CT molecular complexity index is 1490. The van der Waals surface area contributed by atoms with Crippen molar-refractivity contribution in [2.45, 2.75) is 56.9 Å². The lowest BCUT2D eigenvalue weighted by Crippen LogP contribution is -2.51. The summed E-state index contributed by atoms with van der Waals surface area (Å²) in [6.07, 6.45) is -3.48. The average Bonchev–Trinajstić information content (AvgIpc) is 3.59. The van der Waals surface area contributed by atoms with Crippen LogP contribution in [-0.4, -0.2) is 74.4 Å². The van der Waals surface area contributed by atoms with Crippen molar-refractivity contribution in [3.8, 4) is 5.75 Å². The van der Waals surface area contributed by atoms with Crippen molar-refractivity contribution >= 4 is 44.3 Å². The fourth-order valence-corrected chi connectivity index (χ4v) is 5.71. The van der Waals surface area contributed by atoms with Gasteiger partial charge in [0.2, 0.25) is 11.9 Å². The second-order valence-corrected chi connectivity index (χ2v) is 11.6. The van der Waals surface area contributed by atoms with Crippen LogP contribution in [0.2, 0.25) is 0 Å². The number of aliphatic hydroxyl groups is 3. The highest BCUT2D eigenvalue weighted by molar-refractivity contribution is 7.19. The van der Waals surface area contributed by atoms with E-state index in [4.69, 9.17) is 20.2 Å². The predicted molar refractivity (Wildman–Crippen MR) is 153 cm³/mol. The minimum absolute atomic E-state index is 0.391. The molecule has 0 saturated carbocycles. The number of nitrogens with zero attached hydrogens (tertiary/aromatic N) is 2. The number of hydrogen-bond donors (Lipinski definition) is 6. The average molecular weight is 570 g/mol. The lowest BCUT2D eigenvalue weighted by atomic mass is 10.1. The van der Waals surface area contributed by atoms with E-state index in [1.807, 2.05) is 42.5 Å². The summed E-state index contributed by atoms with van der Waals surface area (Å²) in [6, 6.07) is 15.6. The van der Waals surface area contributed by atoms with Gasteiger partial charge in [-0.2, -0.15) is 0 Å². The Morgan fingerprint density at radius 3 is 2.75 bits per heavy atom. The van der Waals surface area contributed by atoms with Crippen LogP contribution in [0.25, 0.3) is 21.1 Å². The Balaban J connectivity index is 1.25. The Kier molecular flexibility index (Phi) is 8.26. The fraction of sp³-hybridized carbons (Fsp3) is 0.429. The Labute approximate surface area is 235 Å². The van der Waals surface area contributed by atoms with E-state index in [1.165, 1.54) is 0 Å². The SMILES string of the molecule is CC(C)(NCCCOc1ccc2cc(CNc3nc4ccccc4n3[C@@H]3O[C@H](CO)[C@@H](O)[C@H]3O)sc2c1)C(N)=O. The number of fused-ring (bicyclic) bond motifs is 2. The van der Waals surface area contributed by atoms with Gasteiger partial charge in [-0.3, -0.25) is 9.36 Å². The first-order valence-electron chi connectivity index (χ1n) is 13.2. The highest BCUT2D eigenvalue weighted by Gasteiger charge is 2.44. The highest BCUT2D eigenvalue weighted by Crippen LogP contribution is 2.36. The number of carbonyl (C=O) groups is 1. The van der Waals surface area contributed by atoms with Crippen LogP contribution in [0.5, 0.6) is 5.75 Å². The fourth-order valence-electron chi connectivity index (χ4n) is 4.68. The highest BCUT2D eigenvalue weighted by atomic mass is 32.1. The molecule has 0 spiro atoms. The van der Waals surface area contributed by atoms with Gasteiger partial charge in [-0.05, 0) is 68.6 Å². The van der Waals surface area contributed by atoms with Gasteiger partial charge in [-0.1, -0.05) is 12.1 Å². The van der Waals surface area contributed by atoms with E-state index in [0.29, 0.717) is 31.2 Å². The molecular weight excluding hydrogens is 534 g/mol. The minimum atomic E-state index is -1.22. The molecule has 2 aromatic carbocycles. The number of primary amides is 1. The van der Waals surface area contributed by atoms with Gasteiger partial charge >= 0.3 is 0 Å². The minimum Gasteiger partial charge on any atom is -0.493 e. The number of amides is 1. The summed E-state index contributed by atoms with van der Waals surface area (Å²) in [6.45, 7) is 4.71. The predicted octanol–water partition coefficient (Wildman–Crippen LogP) is 2.10. The van der Waals surface area contributed by atoms with Gasteiger partial charge in [-0.15, -0.1) is 11.3 Å². The van der Waals surface area contributed by atoms with E-state index in [0.717, 1.165) is 32.7 Å². The summed E-state index contributed by atoms with van der Waals surface area (Å²) < 4.78 is 14.5. The number of ether oxygens (including phenoxy) is 2. The van der Waals surface area contributed by atoms with Crippen molar-refractivity contribution in [3.05, 3.63) is 53.4 Å². The van der Waals surface area contributed by atoms with E-state index in [9.17, 15) is 20.1 Å². The number of nitrogens with one attached hydrogen (secondary N) is 2. The standard InChI is InChI=1S/C28H35N5O6S/c1-28(2,26(29)37)31-10-5-11-38-17-9-8-16-12-18(40-22(16)13-17)14-30-27-32-19-6-3-4-7-20(19)33(27)25-24(36)23(35)21(15-34)39-25/h3-4,6-9,12-13,21,23-25,31,34-36H,5,10-11,14-15H2,1-2H3,(H2,29,37)(H,30,32)/t21-,23-,24-,25-/m1/s1. The first-order chi connectivity index (χ1) is 19.2. The van der Waals surface area contributed by atoms with Crippen LogP contribution >= 0.6 is 11.3 Å².